The van der Waals surface area contributed by atoms with E-state index in [-0.39, 0.29) is 17.9 Å². The highest BCUT2D eigenvalue weighted by atomic mass is 32.2. The molecule has 1 aromatic rings. The number of carbonyl (C=O) groups excluding carboxylic acids is 2. The number of hydrogen-bond donors (Lipinski definition) is 1. The Morgan fingerprint density at radius 3 is 2.96 bits per heavy atom. The lowest BCUT2D eigenvalue weighted by Crippen LogP contribution is -2.57. The van der Waals surface area contributed by atoms with E-state index in [1.165, 1.54) is 0 Å². The fourth-order valence-corrected chi connectivity index (χ4v) is 4.56. The van der Waals surface area contributed by atoms with Crippen LogP contribution in [-0.2, 0) is 15.3 Å². The number of likely N-dealkylation sites (tertiary alicyclic amines) is 1. The van der Waals surface area contributed by atoms with Gasteiger partial charge in [-0.05, 0) is 26.7 Å². The Kier molecular flexibility index (Phi) is 6.01. The van der Waals surface area contributed by atoms with Crippen molar-refractivity contribution in [2.45, 2.75) is 38.5 Å². The van der Waals surface area contributed by atoms with E-state index in [9.17, 15) is 9.59 Å². The molecule has 2 aliphatic rings. The number of aromatic nitrogens is 1. The molecule has 2 aliphatic heterocycles. The summed E-state index contributed by atoms with van der Waals surface area (Å²) in [6, 6.07) is 0.167. The van der Waals surface area contributed by atoms with Crippen LogP contribution in [0.15, 0.2) is 4.52 Å². The van der Waals surface area contributed by atoms with Gasteiger partial charge in [0.2, 0.25) is 11.8 Å². The molecular formula is C17H26N4O3S. The Balaban J connectivity index is 1.49. The van der Waals surface area contributed by atoms with Gasteiger partial charge in [0.15, 0.2) is 0 Å². The van der Waals surface area contributed by atoms with Crippen LogP contribution in [0.3, 0.4) is 0 Å². The van der Waals surface area contributed by atoms with Gasteiger partial charge in [0.25, 0.3) is 0 Å². The molecule has 0 saturated carbocycles. The van der Waals surface area contributed by atoms with Gasteiger partial charge in [-0.2, -0.15) is 0 Å². The largest absolute Gasteiger partial charge is 0.361 e. The molecule has 0 aliphatic carbocycles. The van der Waals surface area contributed by atoms with Gasteiger partial charge in [-0.1, -0.05) is 5.16 Å². The molecule has 138 valence electrons. The molecule has 0 aromatic carbocycles. The lowest BCUT2D eigenvalue weighted by atomic mass is 10.0. The summed E-state index contributed by atoms with van der Waals surface area (Å²) >= 11 is 1.60. The molecular weight excluding hydrogens is 340 g/mol. The van der Waals surface area contributed by atoms with Crippen LogP contribution in [0.25, 0.3) is 0 Å². The third-order valence-corrected chi connectivity index (χ3v) is 5.91. The molecule has 8 heteroatoms. The van der Waals surface area contributed by atoms with Crippen LogP contribution in [0.1, 0.15) is 29.9 Å². The second-order valence-electron chi connectivity index (χ2n) is 6.70. The zero-order chi connectivity index (χ0) is 17.8. The fourth-order valence-electron chi connectivity index (χ4n) is 3.48. The summed E-state index contributed by atoms with van der Waals surface area (Å²) in [5, 5.41) is 7.05. The van der Waals surface area contributed by atoms with Crippen molar-refractivity contribution in [3.05, 3.63) is 17.0 Å². The van der Waals surface area contributed by atoms with E-state index in [1.54, 1.807) is 11.8 Å². The van der Waals surface area contributed by atoms with E-state index in [2.05, 4.69) is 10.5 Å². The first kappa shape index (κ1) is 18.3. The lowest BCUT2D eigenvalue weighted by Gasteiger charge is -2.41. The number of piperidine rings is 1. The van der Waals surface area contributed by atoms with Crippen molar-refractivity contribution in [3.8, 4) is 0 Å². The Morgan fingerprint density at radius 1 is 1.40 bits per heavy atom. The summed E-state index contributed by atoms with van der Waals surface area (Å²) in [4.78, 5) is 28.5. The van der Waals surface area contributed by atoms with E-state index in [0.717, 1.165) is 55.2 Å². The molecule has 7 nitrogen and oxygen atoms in total. The van der Waals surface area contributed by atoms with Gasteiger partial charge in [-0.15, -0.1) is 11.8 Å². The number of nitrogens with one attached hydrogen (secondary N) is 1. The first-order chi connectivity index (χ1) is 12.1. The third kappa shape index (κ3) is 4.36. The molecule has 2 saturated heterocycles. The van der Waals surface area contributed by atoms with Gasteiger partial charge < -0.3 is 19.6 Å². The van der Waals surface area contributed by atoms with Gasteiger partial charge in [-0.25, -0.2) is 0 Å². The quantitative estimate of drug-likeness (QED) is 0.836. The Morgan fingerprint density at radius 2 is 2.24 bits per heavy atom. The maximum atomic E-state index is 12.6. The van der Waals surface area contributed by atoms with Crippen LogP contribution < -0.4 is 5.32 Å². The third-order valence-electron chi connectivity index (χ3n) is 4.97. The van der Waals surface area contributed by atoms with E-state index < -0.39 is 0 Å². The Hall–Kier alpha value is -1.54. The van der Waals surface area contributed by atoms with Crippen LogP contribution >= 0.6 is 11.8 Å². The second-order valence-corrected chi connectivity index (χ2v) is 7.68. The number of nitrogens with zero attached hydrogens (tertiary/aromatic N) is 3. The normalized spacial score (nSPS) is 21.7. The van der Waals surface area contributed by atoms with Crippen molar-refractivity contribution in [3.63, 3.8) is 0 Å². The monoisotopic (exact) mass is 366 g/mol. The van der Waals surface area contributed by atoms with Crippen molar-refractivity contribution in [2.24, 2.45) is 0 Å². The number of amides is 2. The minimum Gasteiger partial charge on any atom is -0.361 e. The zero-order valence-electron chi connectivity index (χ0n) is 14.9. The van der Waals surface area contributed by atoms with Crippen molar-refractivity contribution in [1.82, 2.24) is 20.3 Å². The molecule has 0 spiro atoms. The molecule has 25 heavy (non-hydrogen) atoms. The van der Waals surface area contributed by atoms with Gasteiger partial charge in [0, 0.05) is 43.5 Å². The summed E-state index contributed by atoms with van der Waals surface area (Å²) in [6.45, 7) is 7.27. The molecule has 2 fully saturated rings. The first-order valence-electron chi connectivity index (χ1n) is 8.83. The highest BCUT2D eigenvalue weighted by molar-refractivity contribution is 7.99. The molecule has 1 aromatic heterocycles. The molecule has 0 radical (unpaired) electrons. The van der Waals surface area contributed by atoms with Gasteiger partial charge in [0.05, 0.1) is 18.0 Å². The number of carbonyl (C=O) groups is 2. The van der Waals surface area contributed by atoms with Crippen LogP contribution in [0.2, 0.25) is 0 Å². The average Bonchev–Trinajstić information content (AvgIpc) is 2.94. The maximum absolute atomic E-state index is 12.6. The predicted molar refractivity (Wildman–Crippen MR) is 96.3 cm³/mol. The number of aryl methyl sites for hydroxylation is 2. The summed E-state index contributed by atoms with van der Waals surface area (Å²) in [5.74, 6) is 2.32. The van der Waals surface area contributed by atoms with E-state index in [4.69, 9.17) is 4.52 Å². The molecule has 3 rings (SSSR count). The number of thioether (sulfide) groups is 1. The number of hydrogen-bond acceptors (Lipinski definition) is 6. The fraction of sp³-hybridized carbons (Fsp3) is 0.706. The van der Waals surface area contributed by atoms with Crippen molar-refractivity contribution in [2.75, 3.05) is 38.5 Å². The number of piperazine rings is 1. The SMILES string of the molecule is Cc1noc(C)c1CSCC(=O)N1CCCC(N2CCNCC2=O)C1. The lowest BCUT2D eigenvalue weighted by molar-refractivity contribution is -0.139. The van der Waals surface area contributed by atoms with Crippen LogP contribution in [0, 0.1) is 13.8 Å². The molecule has 2 amide bonds. The summed E-state index contributed by atoms with van der Waals surface area (Å²) in [6.07, 6.45) is 1.95. The van der Waals surface area contributed by atoms with E-state index in [1.807, 2.05) is 23.6 Å². The van der Waals surface area contributed by atoms with Crippen LogP contribution in [0.4, 0.5) is 0 Å². The minimum absolute atomic E-state index is 0.151. The van der Waals surface area contributed by atoms with Gasteiger partial charge >= 0.3 is 0 Å². The zero-order valence-corrected chi connectivity index (χ0v) is 15.7. The van der Waals surface area contributed by atoms with Crippen molar-refractivity contribution in [1.29, 1.82) is 0 Å². The van der Waals surface area contributed by atoms with E-state index in [0.29, 0.717) is 18.8 Å². The highest BCUT2D eigenvalue weighted by Gasteiger charge is 2.31. The van der Waals surface area contributed by atoms with Crippen LogP contribution in [-0.4, -0.2) is 71.3 Å². The first-order valence-corrected chi connectivity index (χ1v) is 9.99. The number of rotatable bonds is 5. The average molecular weight is 366 g/mol. The minimum atomic E-state index is 0.151. The Bertz CT molecular complexity index is 614. The summed E-state index contributed by atoms with van der Waals surface area (Å²) < 4.78 is 5.16. The second kappa shape index (κ2) is 8.23. The van der Waals surface area contributed by atoms with Crippen molar-refractivity contribution >= 4 is 23.6 Å². The van der Waals surface area contributed by atoms with Gasteiger partial charge in [-0.3, -0.25) is 9.59 Å². The summed E-state index contributed by atoms with van der Waals surface area (Å²) in [7, 11) is 0. The molecule has 0 bridgehead atoms. The maximum Gasteiger partial charge on any atom is 0.236 e. The standard InChI is InChI=1S/C17H26N4O3S/c1-12-15(13(2)24-19-12)10-25-11-17(23)20-6-3-4-14(9-20)21-7-5-18-8-16(21)22/h14,18H,3-11H2,1-2H3. The predicted octanol–water partition coefficient (Wildman–Crippen LogP) is 0.947. The smallest absolute Gasteiger partial charge is 0.236 e. The topological polar surface area (TPSA) is 78.7 Å². The van der Waals surface area contributed by atoms with E-state index >= 15 is 0 Å². The molecule has 1 unspecified atom stereocenters. The summed E-state index contributed by atoms with van der Waals surface area (Å²) in [5.41, 5.74) is 1.98. The molecule has 3 heterocycles. The highest BCUT2D eigenvalue weighted by Crippen LogP contribution is 2.21. The van der Waals surface area contributed by atoms with Crippen molar-refractivity contribution < 1.29 is 14.1 Å². The molecule has 1 atom stereocenters. The molecule has 1 N–H and O–H groups in total. The Labute approximate surface area is 152 Å². The van der Waals surface area contributed by atoms with Gasteiger partial charge in [0.1, 0.15) is 5.76 Å². The van der Waals surface area contributed by atoms with Crippen LogP contribution in [0.5, 0.6) is 0 Å².